The van der Waals surface area contributed by atoms with Crippen molar-refractivity contribution in [1.29, 1.82) is 0 Å². The number of amides is 2. The van der Waals surface area contributed by atoms with Gasteiger partial charge in [0.2, 0.25) is 11.8 Å². The van der Waals surface area contributed by atoms with Crippen LogP contribution in [0.2, 0.25) is 0 Å². The van der Waals surface area contributed by atoms with E-state index in [2.05, 4.69) is 5.32 Å². The van der Waals surface area contributed by atoms with Crippen LogP contribution in [0, 0.1) is 5.92 Å². The maximum absolute atomic E-state index is 11.4. The quantitative estimate of drug-likeness (QED) is 0.710. The summed E-state index contributed by atoms with van der Waals surface area (Å²) in [4.78, 5) is 24.2. The van der Waals surface area contributed by atoms with Crippen LogP contribution in [0.1, 0.15) is 26.7 Å². The zero-order chi connectivity index (χ0) is 10.7. The zero-order valence-corrected chi connectivity index (χ0v) is 9.04. The van der Waals surface area contributed by atoms with Gasteiger partial charge in [-0.3, -0.25) is 9.59 Å². The fraction of sp³-hybridized carbons (Fsp3) is 0.800. The van der Waals surface area contributed by atoms with E-state index in [1.807, 2.05) is 13.8 Å². The lowest BCUT2D eigenvalue weighted by molar-refractivity contribution is -0.137. The van der Waals surface area contributed by atoms with E-state index in [9.17, 15) is 9.59 Å². The Balaban J connectivity index is 2.27. The molecule has 0 aliphatic heterocycles. The summed E-state index contributed by atoms with van der Waals surface area (Å²) in [6.07, 6.45) is 2.15. The minimum absolute atomic E-state index is 0.0101. The van der Waals surface area contributed by atoms with Gasteiger partial charge in [-0.1, -0.05) is 13.8 Å². The molecule has 0 atom stereocenters. The Hall–Kier alpha value is -1.06. The van der Waals surface area contributed by atoms with Gasteiger partial charge < -0.3 is 10.2 Å². The minimum atomic E-state index is -0.0519. The van der Waals surface area contributed by atoms with E-state index in [0.29, 0.717) is 6.04 Å². The molecular weight excluding hydrogens is 180 g/mol. The summed E-state index contributed by atoms with van der Waals surface area (Å²) in [5.74, 6) is -0.0892. The lowest BCUT2D eigenvalue weighted by atomic mass is 10.2. The van der Waals surface area contributed by atoms with Crippen molar-refractivity contribution in [3.05, 3.63) is 0 Å². The molecule has 1 aliphatic carbocycles. The van der Waals surface area contributed by atoms with Crippen molar-refractivity contribution in [1.82, 2.24) is 10.2 Å². The number of likely N-dealkylation sites (N-methyl/N-ethyl adjacent to an activating group) is 1. The van der Waals surface area contributed by atoms with Gasteiger partial charge in [0.15, 0.2) is 0 Å². The number of nitrogens with one attached hydrogen (secondary N) is 1. The Bertz CT molecular complexity index is 234. The van der Waals surface area contributed by atoms with E-state index in [0.717, 1.165) is 12.8 Å². The van der Waals surface area contributed by atoms with Crippen LogP contribution >= 0.6 is 0 Å². The SMILES string of the molecule is CC(C)C(=O)N(C)CC(=O)NC1CC1. The molecule has 1 fully saturated rings. The summed E-state index contributed by atoms with van der Waals surface area (Å²) in [6.45, 7) is 3.84. The van der Waals surface area contributed by atoms with Crippen LogP contribution in [0.25, 0.3) is 0 Å². The van der Waals surface area contributed by atoms with Crippen LogP contribution in [-0.2, 0) is 9.59 Å². The van der Waals surface area contributed by atoms with Gasteiger partial charge in [-0.2, -0.15) is 0 Å². The molecule has 1 N–H and O–H groups in total. The molecular formula is C10H18N2O2. The first kappa shape index (κ1) is 11.0. The van der Waals surface area contributed by atoms with Gasteiger partial charge in [-0.05, 0) is 12.8 Å². The first-order valence-corrected chi connectivity index (χ1v) is 5.05. The minimum Gasteiger partial charge on any atom is -0.352 e. The summed E-state index contributed by atoms with van der Waals surface area (Å²) in [6, 6.07) is 0.366. The van der Waals surface area contributed by atoms with Crippen LogP contribution in [-0.4, -0.2) is 36.3 Å². The monoisotopic (exact) mass is 198 g/mol. The molecule has 0 aromatic heterocycles. The molecule has 1 rings (SSSR count). The summed E-state index contributed by atoms with van der Waals surface area (Å²) in [5.41, 5.74) is 0. The molecule has 0 radical (unpaired) electrons. The van der Waals surface area contributed by atoms with Crippen LogP contribution < -0.4 is 5.32 Å². The normalized spacial score (nSPS) is 15.4. The molecule has 80 valence electrons. The topological polar surface area (TPSA) is 49.4 Å². The molecule has 4 heteroatoms. The highest BCUT2D eigenvalue weighted by atomic mass is 16.2. The van der Waals surface area contributed by atoms with Crippen LogP contribution in [0.3, 0.4) is 0 Å². The van der Waals surface area contributed by atoms with Gasteiger partial charge in [0, 0.05) is 19.0 Å². The molecule has 0 bridgehead atoms. The fourth-order valence-electron chi connectivity index (χ4n) is 1.24. The Morgan fingerprint density at radius 2 is 2.00 bits per heavy atom. The number of hydrogen-bond donors (Lipinski definition) is 1. The molecule has 0 unspecified atom stereocenters. The maximum atomic E-state index is 11.4. The smallest absolute Gasteiger partial charge is 0.239 e. The van der Waals surface area contributed by atoms with E-state index in [4.69, 9.17) is 0 Å². The standard InChI is InChI=1S/C10H18N2O2/c1-7(2)10(14)12(3)6-9(13)11-8-4-5-8/h7-8H,4-6H2,1-3H3,(H,11,13). The highest BCUT2D eigenvalue weighted by Gasteiger charge is 2.24. The molecule has 0 heterocycles. The third-order valence-corrected chi connectivity index (χ3v) is 2.19. The number of hydrogen-bond acceptors (Lipinski definition) is 2. The zero-order valence-electron chi connectivity index (χ0n) is 9.04. The lowest BCUT2D eigenvalue weighted by Gasteiger charge is -2.18. The Morgan fingerprint density at radius 3 is 2.43 bits per heavy atom. The summed E-state index contributed by atoms with van der Waals surface area (Å²) >= 11 is 0. The summed E-state index contributed by atoms with van der Waals surface area (Å²) in [5, 5.41) is 2.85. The molecule has 0 aromatic rings. The lowest BCUT2D eigenvalue weighted by Crippen LogP contribution is -2.40. The average Bonchev–Trinajstić information content (AvgIpc) is 2.86. The van der Waals surface area contributed by atoms with Gasteiger partial charge in [-0.25, -0.2) is 0 Å². The summed E-state index contributed by atoms with van der Waals surface area (Å²) < 4.78 is 0. The molecule has 14 heavy (non-hydrogen) atoms. The van der Waals surface area contributed by atoms with E-state index in [1.165, 1.54) is 4.90 Å². The Kier molecular flexibility index (Phi) is 3.49. The third kappa shape index (κ3) is 3.36. The van der Waals surface area contributed by atoms with Crippen molar-refractivity contribution in [2.45, 2.75) is 32.7 Å². The van der Waals surface area contributed by atoms with Crippen molar-refractivity contribution in [3.8, 4) is 0 Å². The second-order valence-electron chi connectivity index (χ2n) is 4.19. The molecule has 0 aromatic carbocycles. The van der Waals surface area contributed by atoms with E-state index >= 15 is 0 Å². The maximum Gasteiger partial charge on any atom is 0.239 e. The fourth-order valence-corrected chi connectivity index (χ4v) is 1.24. The first-order valence-electron chi connectivity index (χ1n) is 5.05. The van der Waals surface area contributed by atoms with Crippen LogP contribution in [0.15, 0.2) is 0 Å². The molecule has 1 saturated carbocycles. The van der Waals surface area contributed by atoms with Gasteiger partial charge >= 0.3 is 0 Å². The number of carbonyl (C=O) groups excluding carboxylic acids is 2. The van der Waals surface area contributed by atoms with E-state index < -0.39 is 0 Å². The Labute approximate surface area is 84.7 Å². The van der Waals surface area contributed by atoms with Gasteiger partial charge in [0.1, 0.15) is 0 Å². The second-order valence-corrected chi connectivity index (χ2v) is 4.19. The Morgan fingerprint density at radius 1 is 1.43 bits per heavy atom. The number of carbonyl (C=O) groups is 2. The highest BCUT2D eigenvalue weighted by Crippen LogP contribution is 2.18. The van der Waals surface area contributed by atoms with Crippen LogP contribution in [0.4, 0.5) is 0 Å². The number of rotatable bonds is 4. The first-order chi connectivity index (χ1) is 6.50. The molecule has 0 spiro atoms. The van der Waals surface area contributed by atoms with Crippen molar-refractivity contribution in [2.24, 2.45) is 5.92 Å². The predicted octanol–water partition coefficient (Wildman–Crippen LogP) is 0.379. The van der Waals surface area contributed by atoms with Crippen LogP contribution in [0.5, 0.6) is 0 Å². The van der Waals surface area contributed by atoms with Crippen molar-refractivity contribution >= 4 is 11.8 Å². The molecule has 0 saturated heterocycles. The van der Waals surface area contributed by atoms with E-state index in [-0.39, 0.29) is 24.3 Å². The van der Waals surface area contributed by atoms with Gasteiger partial charge in [0.25, 0.3) is 0 Å². The van der Waals surface area contributed by atoms with Crippen molar-refractivity contribution in [2.75, 3.05) is 13.6 Å². The van der Waals surface area contributed by atoms with E-state index in [1.54, 1.807) is 7.05 Å². The second kappa shape index (κ2) is 4.44. The highest BCUT2D eigenvalue weighted by molar-refractivity contribution is 5.85. The van der Waals surface area contributed by atoms with Gasteiger partial charge in [-0.15, -0.1) is 0 Å². The average molecular weight is 198 g/mol. The van der Waals surface area contributed by atoms with Crippen molar-refractivity contribution in [3.63, 3.8) is 0 Å². The summed E-state index contributed by atoms with van der Waals surface area (Å²) in [7, 11) is 1.66. The largest absolute Gasteiger partial charge is 0.352 e. The van der Waals surface area contributed by atoms with Crippen molar-refractivity contribution < 1.29 is 9.59 Å². The molecule has 1 aliphatic rings. The molecule has 4 nitrogen and oxygen atoms in total. The number of nitrogens with zero attached hydrogens (tertiary/aromatic N) is 1. The predicted molar refractivity (Wildman–Crippen MR) is 53.6 cm³/mol. The third-order valence-electron chi connectivity index (χ3n) is 2.19. The molecule has 2 amide bonds. The van der Waals surface area contributed by atoms with Gasteiger partial charge in [0.05, 0.1) is 6.54 Å².